The molecule has 3 amide bonds. The van der Waals surface area contributed by atoms with Gasteiger partial charge in [0.15, 0.2) is 0 Å². The first-order chi connectivity index (χ1) is 17.5. The topological polar surface area (TPSA) is 91.8 Å². The third-order valence-electron chi connectivity index (χ3n) is 8.33. The smallest absolute Gasteiger partial charge is 0.255 e. The zero-order valence-corrected chi connectivity index (χ0v) is 20.6. The van der Waals surface area contributed by atoms with Crippen molar-refractivity contribution in [3.8, 4) is 5.75 Å². The van der Waals surface area contributed by atoms with Gasteiger partial charge in [0.1, 0.15) is 17.9 Å². The lowest BCUT2D eigenvalue weighted by Gasteiger charge is -2.48. The van der Waals surface area contributed by atoms with E-state index in [1.807, 2.05) is 30.6 Å². The summed E-state index contributed by atoms with van der Waals surface area (Å²) in [6, 6.07) is 7.61. The Balaban J connectivity index is 1.12. The summed E-state index contributed by atoms with van der Waals surface area (Å²) >= 11 is 0. The quantitative estimate of drug-likeness (QED) is 0.651. The molecule has 1 saturated carbocycles. The zero-order chi connectivity index (χ0) is 24.8. The molecule has 2 saturated heterocycles. The molecule has 8 heteroatoms. The monoisotopic (exact) mass is 488 g/mol. The average Bonchev–Trinajstić information content (AvgIpc) is 3.16. The van der Waals surface area contributed by atoms with Crippen molar-refractivity contribution in [1.29, 1.82) is 0 Å². The molecule has 8 nitrogen and oxygen atoms in total. The number of rotatable bonds is 5. The number of ether oxygens (including phenoxy) is 1. The number of piperidine rings is 1. The molecule has 0 radical (unpaired) electrons. The van der Waals surface area contributed by atoms with Crippen LogP contribution in [-0.4, -0.2) is 63.8 Å². The van der Waals surface area contributed by atoms with Gasteiger partial charge < -0.3 is 9.64 Å². The molecule has 3 atom stereocenters. The predicted octanol–water partition coefficient (Wildman–Crippen LogP) is 2.94. The highest BCUT2D eigenvalue weighted by Gasteiger charge is 2.41. The first-order valence-corrected chi connectivity index (χ1v) is 13.1. The molecule has 36 heavy (non-hydrogen) atoms. The molecule has 0 spiro atoms. The van der Waals surface area contributed by atoms with Crippen molar-refractivity contribution < 1.29 is 19.1 Å². The van der Waals surface area contributed by atoms with Crippen LogP contribution in [-0.2, 0) is 16.1 Å². The number of nitrogens with one attached hydrogen (secondary N) is 1. The van der Waals surface area contributed by atoms with Crippen molar-refractivity contribution in [2.75, 3.05) is 13.1 Å². The summed E-state index contributed by atoms with van der Waals surface area (Å²) in [5.74, 6) is 0.524. The molecule has 188 valence electrons. The molecule has 1 aromatic carbocycles. The molecular formula is C28H32N4O4. The number of amides is 3. The molecule has 2 aromatic rings. The lowest BCUT2D eigenvalue weighted by atomic mass is 9.83. The summed E-state index contributed by atoms with van der Waals surface area (Å²) in [6.07, 6.45) is 9.13. The second kappa shape index (κ2) is 9.32. The number of aryl methyl sites for hydroxylation is 1. The normalized spacial score (nSPS) is 27.0. The molecule has 1 aromatic heterocycles. The van der Waals surface area contributed by atoms with Gasteiger partial charge in [-0.2, -0.15) is 0 Å². The standard InChI is InChI=1S/C28H32N4O4/c1-17-13-29-11-10-21(17)19-14-31(15-19)23-4-2-3-5-25(23)36-20-6-7-22-18(12-20)16-32(28(22)35)24-8-9-26(33)30-27(24)34/h6-7,10-13,19,23-25H,2-5,8-9,14-16H2,1H3,(H,30,33,34)/t23-,24-,25+/m1/s1. The molecular weight excluding hydrogens is 456 g/mol. The Kier molecular flexibility index (Phi) is 5.99. The van der Waals surface area contributed by atoms with Crippen LogP contribution in [0.25, 0.3) is 0 Å². The molecule has 6 rings (SSSR count). The number of nitrogens with zero attached hydrogens (tertiary/aromatic N) is 3. The van der Waals surface area contributed by atoms with Gasteiger partial charge in [0.25, 0.3) is 5.91 Å². The number of imide groups is 1. The summed E-state index contributed by atoms with van der Waals surface area (Å²) in [4.78, 5) is 45.2. The van der Waals surface area contributed by atoms with Gasteiger partial charge >= 0.3 is 0 Å². The molecule has 1 N–H and O–H groups in total. The fourth-order valence-corrected chi connectivity index (χ4v) is 6.35. The Morgan fingerprint density at radius 3 is 2.69 bits per heavy atom. The molecule has 4 heterocycles. The molecule has 0 unspecified atom stereocenters. The highest BCUT2D eigenvalue weighted by Crippen LogP contribution is 2.37. The van der Waals surface area contributed by atoms with Gasteiger partial charge in [-0.15, -0.1) is 0 Å². The lowest BCUT2D eigenvalue weighted by Crippen LogP contribution is -2.57. The minimum atomic E-state index is -0.599. The van der Waals surface area contributed by atoms with Crippen LogP contribution in [0.2, 0.25) is 0 Å². The number of benzene rings is 1. The van der Waals surface area contributed by atoms with Crippen LogP contribution < -0.4 is 10.1 Å². The summed E-state index contributed by atoms with van der Waals surface area (Å²) in [5, 5.41) is 2.36. The van der Waals surface area contributed by atoms with Crippen molar-refractivity contribution in [2.24, 2.45) is 0 Å². The van der Waals surface area contributed by atoms with Crippen LogP contribution in [0, 0.1) is 6.92 Å². The van der Waals surface area contributed by atoms with Gasteiger partial charge in [-0.25, -0.2) is 0 Å². The van der Waals surface area contributed by atoms with E-state index < -0.39 is 6.04 Å². The first-order valence-electron chi connectivity index (χ1n) is 13.1. The van der Waals surface area contributed by atoms with Gasteiger partial charge in [0.2, 0.25) is 11.8 Å². The van der Waals surface area contributed by atoms with Crippen molar-refractivity contribution in [3.05, 3.63) is 58.9 Å². The number of fused-ring (bicyclic) bond motifs is 1. The van der Waals surface area contributed by atoms with Gasteiger partial charge in [-0.3, -0.25) is 29.6 Å². The van der Waals surface area contributed by atoms with Crippen molar-refractivity contribution in [1.82, 2.24) is 20.1 Å². The van der Waals surface area contributed by atoms with Gasteiger partial charge in [0.05, 0.1) is 0 Å². The van der Waals surface area contributed by atoms with Gasteiger partial charge in [-0.1, -0.05) is 6.42 Å². The largest absolute Gasteiger partial charge is 0.489 e. The predicted molar refractivity (Wildman–Crippen MR) is 132 cm³/mol. The summed E-state index contributed by atoms with van der Waals surface area (Å²) in [7, 11) is 0. The maximum Gasteiger partial charge on any atom is 0.255 e. The van der Waals surface area contributed by atoms with E-state index >= 15 is 0 Å². The lowest BCUT2D eigenvalue weighted by molar-refractivity contribution is -0.136. The SMILES string of the molecule is Cc1cnccc1C1CN([C@@H]2CCCC[C@@H]2Oc2ccc3c(c2)CN([C@@H]2CCC(=O)NC2=O)C3=O)C1. The number of carbonyl (C=O) groups excluding carboxylic acids is 3. The molecule has 4 aliphatic rings. The minimum absolute atomic E-state index is 0.125. The van der Waals surface area contributed by atoms with Gasteiger partial charge in [-0.05, 0) is 73.6 Å². The fraction of sp³-hybridized carbons (Fsp3) is 0.500. The second-order valence-corrected chi connectivity index (χ2v) is 10.6. The van der Waals surface area contributed by atoms with Crippen LogP contribution in [0.15, 0.2) is 36.7 Å². The van der Waals surface area contributed by atoms with Gasteiger partial charge in [0, 0.05) is 56.0 Å². The highest BCUT2D eigenvalue weighted by atomic mass is 16.5. The third kappa shape index (κ3) is 4.17. The fourth-order valence-electron chi connectivity index (χ4n) is 6.35. The van der Waals surface area contributed by atoms with E-state index in [0.29, 0.717) is 30.5 Å². The Bertz CT molecular complexity index is 1210. The van der Waals surface area contributed by atoms with E-state index in [0.717, 1.165) is 43.7 Å². The Hall–Kier alpha value is -3.26. The Morgan fingerprint density at radius 2 is 1.89 bits per heavy atom. The van der Waals surface area contributed by atoms with E-state index in [-0.39, 0.29) is 30.2 Å². The zero-order valence-electron chi connectivity index (χ0n) is 20.6. The molecule has 1 aliphatic carbocycles. The van der Waals surface area contributed by atoms with Crippen LogP contribution in [0.5, 0.6) is 5.75 Å². The average molecular weight is 489 g/mol. The maximum atomic E-state index is 13.0. The number of likely N-dealkylation sites (tertiary alicyclic amines) is 1. The number of carbonyl (C=O) groups is 3. The molecule has 3 fully saturated rings. The molecule has 3 aliphatic heterocycles. The summed E-state index contributed by atoms with van der Waals surface area (Å²) in [5.41, 5.74) is 4.16. The number of hydrogen-bond acceptors (Lipinski definition) is 6. The Labute approximate surface area is 211 Å². The number of hydrogen-bond donors (Lipinski definition) is 1. The summed E-state index contributed by atoms with van der Waals surface area (Å²) < 4.78 is 6.56. The van der Waals surface area contributed by atoms with Crippen LogP contribution in [0.4, 0.5) is 0 Å². The van der Waals surface area contributed by atoms with Crippen LogP contribution in [0.1, 0.15) is 71.5 Å². The first kappa shape index (κ1) is 23.2. The summed E-state index contributed by atoms with van der Waals surface area (Å²) in [6.45, 7) is 4.60. The van der Waals surface area contributed by atoms with Crippen molar-refractivity contribution in [3.63, 3.8) is 0 Å². The van der Waals surface area contributed by atoms with E-state index in [9.17, 15) is 14.4 Å². The number of pyridine rings is 1. The Morgan fingerprint density at radius 1 is 1.06 bits per heavy atom. The van der Waals surface area contributed by atoms with E-state index in [2.05, 4.69) is 28.2 Å². The van der Waals surface area contributed by atoms with E-state index in [1.54, 1.807) is 4.90 Å². The third-order valence-corrected chi connectivity index (χ3v) is 8.33. The highest BCUT2D eigenvalue weighted by molar-refractivity contribution is 6.05. The number of aromatic nitrogens is 1. The van der Waals surface area contributed by atoms with Crippen LogP contribution in [0.3, 0.4) is 0 Å². The van der Waals surface area contributed by atoms with Crippen molar-refractivity contribution in [2.45, 2.75) is 76.1 Å². The molecule has 0 bridgehead atoms. The minimum Gasteiger partial charge on any atom is -0.489 e. The second-order valence-electron chi connectivity index (χ2n) is 10.6. The van der Waals surface area contributed by atoms with E-state index in [1.165, 1.54) is 17.5 Å². The van der Waals surface area contributed by atoms with Crippen LogP contribution >= 0.6 is 0 Å². The maximum absolute atomic E-state index is 13.0. The van der Waals surface area contributed by atoms with E-state index in [4.69, 9.17) is 4.74 Å². The van der Waals surface area contributed by atoms with Crippen molar-refractivity contribution >= 4 is 17.7 Å².